The number of anilines is 1. The normalized spacial score (nSPS) is 10.3. The first-order chi connectivity index (χ1) is 8.15. The summed E-state index contributed by atoms with van der Waals surface area (Å²) in [4.78, 5) is 4.25. The summed E-state index contributed by atoms with van der Waals surface area (Å²) in [5.74, 6) is -0.423. The average Bonchev–Trinajstić information content (AvgIpc) is 2.33. The Morgan fingerprint density at radius 1 is 1.29 bits per heavy atom. The number of halogens is 2. The van der Waals surface area contributed by atoms with Crippen LogP contribution in [0.2, 0.25) is 5.02 Å². The van der Waals surface area contributed by atoms with Crippen LogP contribution < -0.4 is 5.32 Å². The Morgan fingerprint density at radius 3 is 2.76 bits per heavy atom. The van der Waals surface area contributed by atoms with Gasteiger partial charge in [0.25, 0.3) is 0 Å². The lowest BCUT2D eigenvalue weighted by atomic mass is 10.2. The van der Waals surface area contributed by atoms with E-state index in [0.29, 0.717) is 12.2 Å². The second kappa shape index (κ2) is 5.15. The Morgan fingerprint density at radius 2 is 2.12 bits per heavy atom. The highest BCUT2D eigenvalue weighted by atomic mass is 35.5. The third-order valence-electron chi connectivity index (χ3n) is 2.37. The fraction of sp³-hybridized carbons (Fsp3) is 0.154. The number of hydrogen-bond donors (Lipinski definition) is 1. The Bertz CT molecular complexity index is 511. The first-order valence-electron chi connectivity index (χ1n) is 5.25. The first kappa shape index (κ1) is 11.9. The molecule has 0 unspecified atom stereocenters. The maximum absolute atomic E-state index is 13.2. The van der Waals surface area contributed by atoms with Crippen molar-refractivity contribution in [2.24, 2.45) is 0 Å². The van der Waals surface area contributed by atoms with E-state index in [1.807, 2.05) is 19.1 Å². The molecule has 0 saturated carbocycles. The van der Waals surface area contributed by atoms with Crippen molar-refractivity contribution in [3.8, 4) is 0 Å². The van der Waals surface area contributed by atoms with E-state index in [9.17, 15) is 4.39 Å². The van der Waals surface area contributed by atoms with Crippen LogP contribution in [-0.4, -0.2) is 4.98 Å². The van der Waals surface area contributed by atoms with Gasteiger partial charge in [-0.05, 0) is 36.8 Å². The summed E-state index contributed by atoms with van der Waals surface area (Å²) >= 11 is 5.60. The minimum atomic E-state index is -0.423. The van der Waals surface area contributed by atoms with Gasteiger partial charge in [0.2, 0.25) is 0 Å². The fourth-order valence-corrected chi connectivity index (χ4v) is 1.52. The molecule has 88 valence electrons. The van der Waals surface area contributed by atoms with Crippen molar-refractivity contribution in [3.05, 3.63) is 58.6 Å². The maximum Gasteiger partial charge on any atom is 0.143 e. The summed E-state index contributed by atoms with van der Waals surface area (Å²) in [7, 11) is 0. The van der Waals surface area contributed by atoms with Crippen molar-refractivity contribution in [1.29, 1.82) is 0 Å². The van der Waals surface area contributed by atoms with Gasteiger partial charge in [-0.25, -0.2) is 4.39 Å². The standard InChI is InChI=1S/C13H12ClFN2/c1-9-2-3-11(16-7-9)8-17-10-4-5-12(14)13(15)6-10/h2-7,17H,8H2,1H3. The highest BCUT2D eigenvalue weighted by Crippen LogP contribution is 2.18. The molecule has 1 aromatic heterocycles. The summed E-state index contributed by atoms with van der Waals surface area (Å²) < 4.78 is 13.2. The molecule has 0 bridgehead atoms. The monoisotopic (exact) mass is 250 g/mol. The van der Waals surface area contributed by atoms with Crippen LogP contribution in [0.4, 0.5) is 10.1 Å². The number of hydrogen-bond acceptors (Lipinski definition) is 2. The van der Waals surface area contributed by atoms with Gasteiger partial charge in [-0.1, -0.05) is 17.7 Å². The largest absolute Gasteiger partial charge is 0.379 e. The summed E-state index contributed by atoms with van der Waals surface area (Å²) in [6.45, 7) is 2.54. The van der Waals surface area contributed by atoms with Crippen molar-refractivity contribution in [2.45, 2.75) is 13.5 Å². The molecule has 0 aliphatic carbocycles. The molecule has 2 aromatic rings. The first-order valence-corrected chi connectivity index (χ1v) is 5.63. The average molecular weight is 251 g/mol. The van der Waals surface area contributed by atoms with Crippen molar-refractivity contribution in [2.75, 3.05) is 5.32 Å². The third kappa shape index (κ3) is 3.17. The van der Waals surface area contributed by atoms with Crippen LogP contribution in [0.3, 0.4) is 0 Å². The summed E-state index contributed by atoms with van der Waals surface area (Å²) in [5.41, 5.74) is 2.71. The second-order valence-electron chi connectivity index (χ2n) is 3.81. The topological polar surface area (TPSA) is 24.9 Å². The van der Waals surface area contributed by atoms with Gasteiger partial charge in [-0.15, -0.1) is 0 Å². The molecule has 0 spiro atoms. The molecule has 17 heavy (non-hydrogen) atoms. The van der Waals surface area contributed by atoms with Crippen molar-refractivity contribution in [1.82, 2.24) is 4.98 Å². The lowest BCUT2D eigenvalue weighted by molar-refractivity contribution is 0.628. The smallest absolute Gasteiger partial charge is 0.143 e. The lowest BCUT2D eigenvalue weighted by Crippen LogP contribution is -2.01. The molecule has 1 N–H and O–H groups in total. The number of pyridine rings is 1. The third-order valence-corrected chi connectivity index (χ3v) is 2.67. The zero-order valence-corrected chi connectivity index (χ0v) is 10.1. The van der Waals surface area contributed by atoms with Crippen LogP contribution in [-0.2, 0) is 6.54 Å². The van der Waals surface area contributed by atoms with E-state index in [0.717, 1.165) is 11.3 Å². The maximum atomic E-state index is 13.2. The molecule has 1 aromatic carbocycles. The molecule has 0 radical (unpaired) electrons. The molecule has 2 nitrogen and oxygen atoms in total. The Kier molecular flexibility index (Phi) is 3.59. The number of nitrogens with one attached hydrogen (secondary N) is 1. The van der Waals surface area contributed by atoms with Crippen molar-refractivity contribution < 1.29 is 4.39 Å². The van der Waals surface area contributed by atoms with E-state index >= 15 is 0 Å². The molecule has 0 aliphatic rings. The van der Waals surface area contributed by atoms with Gasteiger partial charge in [-0.3, -0.25) is 4.98 Å². The zero-order chi connectivity index (χ0) is 12.3. The fourth-order valence-electron chi connectivity index (χ4n) is 1.40. The van der Waals surface area contributed by atoms with Crippen LogP contribution >= 0.6 is 11.6 Å². The molecule has 1 heterocycles. The summed E-state index contributed by atoms with van der Waals surface area (Å²) in [5, 5.41) is 3.22. The molecule has 0 fully saturated rings. The number of aryl methyl sites for hydroxylation is 1. The van der Waals surface area contributed by atoms with E-state index < -0.39 is 5.82 Å². The van der Waals surface area contributed by atoms with E-state index in [2.05, 4.69) is 10.3 Å². The summed E-state index contributed by atoms with van der Waals surface area (Å²) in [6, 6.07) is 8.57. The summed E-state index contributed by atoms with van der Waals surface area (Å²) in [6.07, 6.45) is 1.81. The minimum absolute atomic E-state index is 0.129. The molecule has 0 aliphatic heterocycles. The van der Waals surface area contributed by atoms with Crippen LogP contribution in [0.5, 0.6) is 0 Å². The van der Waals surface area contributed by atoms with Gasteiger partial charge < -0.3 is 5.32 Å². The van der Waals surface area contributed by atoms with E-state index in [1.54, 1.807) is 12.3 Å². The molecular weight excluding hydrogens is 239 g/mol. The van der Waals surface area contributed by atoms with Gasteiger partial charge in [0.15, 0.2) is 0 Å². The van der Waals surface area contributed by atoms with Gasteiger partial charge >= 0.3 is 0 Å². The molecule has 0 amide bonds. The van der Waals surface area contributed by atoms with Gasteiger partial charge in [-0.2, -0.15) is 0 Å². The SMILES string of the molecule is Cc1ccc(CNc2ccc(Cl)c(F)c2)nc1. The Labute approximate surface area is 104 Å². The van der Waals surface area contributed by atoms with Gasteiger partial charge in [0, 0.05) is 11.9 Å². The lowest BCUT2D eigenvalue weighted by Gasteiger charge is -2.06. The van der Waals surface area contributed by atoms with Crippen LogP contribution in [0.15, 0.2) is 36.5 Å². The highest BCUT2D eigenvalue weighted by Gasteiger charge is 2.01. The second-order valence-corrected chi connectivity index (χ2v) is 4.22. The van der Waals surface area contributed by atoms with Crippen LogP contribution in [0.1, 0.15) is 11.3 Å². The predicted molar refractivity (Wildman–Crippen MR) is 67.7 cm³/mol. The number of nitrogens with zero attached hydrogens (tertiary/aromatic N) is 1. The minimum Gasteiger partial charge on any atom is -0.379 e. The van der Waals surface area contributed by atoms with Crippen molar-refractivity contribution >= 4 is 17.3 Å². The quantitative estimate of drug-likeness (QED) is 0.896. The predicted octanol–water partition coefficient (Wildman–Crippen LogP) is 3.79. The molecular formula is C13H12ClFN2. The number of benzene rings is 1. The number of aromatic nitrogens is 1. The van der Waals surface area contributed by atoms with Crippen molar-refractivity contribution in [3.63, 3.8) is 0 Å². The van der Waals surface area contributed by atoms with E-state index in [1.165, 1.54) is 12.1 Å². The molecule has 0 saturated heterocycles. The highest BCUT2D eigenvalue weighted by molar-refractivity contribution is 6.30. The van der Waals surface area contributed by atoms with Gasteiger partial charge in [0.1, 0.15) is 5.82 Å². The van der Waals surface area contributed by atoms with E-state index in [-0.39, 0.29) is 5.02 Å². The molecule has 2 rings (SSSR count). The molecule has 4 heteroatoms. The molecule has 0 atom stereocenters. The van der Waals surface area contributed by atoms with E-state index in [4.69, 9.17) is 11.6 Å². The van der Waals surface area contributed by atoms with Crippen LogP contribution in [0.25, 0.3) is 0 Å². The van der Waals surface area contributed by atoms with Gasteiger partial charge in [0.05, 0.1) is 17.3 Å². The Balaban J connectivity index is 2.02. The Hall–Kier alpha value is -1.61. The zero-order valence-electron chi connectivity index (χ0n) is 9.37. The van der Waals surface area contributed by atoms with Crippen LogP contribution in [0, 0.1) is 12.7 Å². The number of rotatable bonds is 3.